The number of benzene rings is 1. The van der Waals surface area contributed by atoms with Crippen molar-refractivity contribution in [1.82, 2.24) is 9.80 Å². The summed E-state index contributed by atoms with van der Waals surface area (Å²) >= 11 is 0. The van der Waals surface area contributed by atoms with Crippen LogP contribution < -0.4 is 10.2 Å². The molecule has 0 spiro atoms. The molecule has 2 aliphatic heterocycles. The summed E-state index contributed by atoms with van der Waals surface area (Å²) in [4.78, 5) is 41.5. The number of amides is 3. The number of anilines is 2. The van der Waals surface area contributed by atoms with Gasteiger partial charge in [-0.15, -0.1) is 0 Å². The molecule has 0 bridgehead atoms. The molecule has 26 heavy (non-hydrogen) atoms. The van der Waals surface area contributed by atoms with E-state index < -0.39 is 0 Å². The minimum atomic E-state index is -0.183. The third kappa shape index (κ3) is 4.22. The Kier molecular flexibility index (Phi) is 5.88. The van der Waals surface area contributed by atoms with Gasteiger partial charge in [0.2, 0.25) is 17.7 Å². The first-order chi connectivity index (χ1) is 12.6. The van der Waals surface area contributed by atoms with E-state index in [9.17, 15) is 14.4 Å². The summed E-state index contributed by atoms with van der Waals surface area (Å²) in [6, 6.07) is 7.78. The van der Waals surface area contributed by atoms with Crippen LogP contribution in [0.5, 0.6) is 0 Å². The van der Waals surface area contributed by atoms with E-state index in [-0.39, 0.29) is 43.5 Å². The summed E-state index contributed by atoms with van der Waals surface area (Å²) in [6.45, 7) is 7.26. The van der Waals surface area contributed by atoms with Crippen molar-refractivity contribution in [1.29, 1.82) is 0 Å². The first kappa shape index (κ1) is 18.4. The smallest absolute Gasteiger partial charge is 0.229 e. The van der Waals surface area contributed by atoms with Crippen molar-refractivity contribution in [3.05, 3.63) is 24.3 Å². The summed E-state index contributed by atoms with van der Waals surface area (Å²) in [7, 11) is 0. The zero-order valence-corrected chi connectivity index (χ0v) is 15.2. The van der Waals surface area contributed by atoms with Gasteiger partial charge in [-0.2, -0.15) is 0 Å². The molecule has 2 saturated heterocycles. The molecule has 3 rings (SSSR count). The summed E-state index contributed by atoms with van der Waals surface area (Å²) in [5.41, 5.74) is 1.80. The number of nitrogens with one attached hydrogen (secondary N) is 1. The Morgan fingerprint density at radius 3 is 2.35 bits per heavy atom. The molecule has 7 nitrogen and oxygen atoms in total. The van der Waals surface area contributed by atoms with E-state index in [4.69, 9.17) is 0 Å². The van der Waals surface area contributed by atoms with Crippen molar-refractivity contribution < 1.29 is 14.4 Å². The number of likely N-dealkylation sites (tertiary alicyclic amines) is 1. The third-order valence-electron chi connectivity index (χ3n) is 5.06. The van der Waals surface area contributed by atoms with E-state index in [1.165, 1.54) is 4.90 Å². The van der Waals surface area contributed by atoms with E-state index >= 15 is 0 Å². The fourth-order valence-electron chi connectivity index (χ4n) is 3.46. The average Bonchev–Trinajstić information content (AvgIpc) is 2.98. The molecule has 2 fully saturated rings. The Morgan fingerprint density at radius 2 is 1.69 bits per heavy atom. The molecule has 0 aromatic heterocycles. The zero-order chi connectivity index (χ0) is 18.5. The van der Waals surface area contributed by atoms with Crippen LogP contribution in [0.3, 0.4) is 0 Å². The molecule has 1 N–H and O–H groups in total. The lowest BCUT2D eigenvalue weighted by Gasteiger charge is -2.36. The van der Waals surface area contributed by atoms with Gasteiger partial charge < -0.3 is 15.1 Å². The molecule has 0 radical (unpaired) electrons. The third-order valence-corrected chi connectivity index (χ3v) is 5.06. The highest BCUT2D eigenvalue weighted by atomic mass is 16.2. The lowest BCUT2D eigenvalue weighted by molar-refractivity contribution is -0.138. The highest BCUT2D eigenvalue weighted by Crippen LogP contribution is 2.26. The molecule has 0 atom stereocenters. The highest BCUT2D eigenvalue weighted by molar-refractivity contribution is 6.02. The van der Waals surface area contributed by atoms with E-state index in [0.717, 1.165) is 44.1 Å². The van der Waals surface area contributed by atoms with Gasteiger partial charge >= 0.3 is 0 Å². The predicted molar refractivity (Wildman–Crippen MR) is 100.0 cm³/mol. The summed E-state index contributed by atoms with van der Waals surface area (Å²) < 4.78 is 0. The van der Waals surface area contributed by atoms with Crippen LogP contribution in [-0.2, 0) is 14.4 Å². The Balaban J connectivity index is 1.58. The molecule has 0 aliphatic carbocycles. The fourth-order valence-corrected chi connectivity index (χ4v) is 3.46. The maximum atomic E-state index is 12.3. The van der Waals surface area contributed by atoms with Crippen molar-refractivity contribution >= 4 is 29.1 Å². The van der Waals surface area contributed by atoms with Gasteiger partial charge in [-0.05, 0) is 18.7 Å². The number of nitrogens with zero attached hydrogens (tertiary/aromatic N) is 3. The van der Waals surface area contributed by atoms with E-state index in [0.29, 0.717) is 0 Å². The van der Waals surface area contributed by atoms with Gasteiger partial charge in [0, 0.05) is 52.0 Å². The summed E-state index contributed by atoms with van der Waals surface area (Å²) in [6.07, 6.45) is 0.634. The summed E-state index contributed by atoms with van der Waals surface area (Å²) in [5.74, 6) is -0.550. The van der Waals surface area contributed by atoms with E-state index in [1.54, 1.807) is 0 Å². The van der Waals surface area contributed by atoms with E-state index in [2.05, 4.69) is 22.0 Å². The second kappa shape index (κ2) is 8.31. The monoisotopic (exact) mass is 358 g/mol. The van der Waals surface area contributed by atoms with Crippen molar-refractivity contribution in [2.45, 2.75) is 26.2 Å². The van der Waals surface area contributed by atoms with Crippen LogP contribution in [0.4, 0.5) is 11.4 Å². The van der Waals surface area contributed by atoms with Crippen molar-refractivity contribution in [2.24, 2.45) is 0 Å². The number of likely N-dealkylation sites (N-methyl/N-ethyl adjacent to an activating group) is 1. The lowest BCUT2D eigenvalue weighted by Crippen LogP contribution is -2.46. The number of carbonyl (C=O) groups is 3. The van der Waals surface area contributed by atoms with Gasteiger partial charge in [0.05, 0.1) is 11.4 Å². The molecule has 1 aromatic rings. The largest absolute Gasteiger partial charge is 0.367 e. The van der Waals surface area contributed by atoms with Crippen molar-refractivity contribution in [3.63, 3.8) is 0 Å². The fraction of sp³-hybridized carbons (Fsp3) is 0.526. The number of carbonyl (C=O) groups excluding carboxylic acids is 3. The normalized spacial score (nSPS) is 18.5. The molecule has 140 valence electrons. The molecule has 7 heteroatoms. The topological polar surface area (TPSA) is 73.0 Å². The number of hydrogen-bond donors (Lipinski definition) is 1. The van der Waals surface area contributed by atoms with Crippen LogP contribution in [0, 0.1) is 0 Å². The molecular weight excluding hydrogens is 332 g/mol. The zero-order valence-electron chi connectivity index (χ0n) is 15.2. The van der Waals surface area contributed by atoms with Crippen molar-refractivity contribution in [2.75, 3.05) is 49.5 Å². The van der Waals surface area contributed by atoms with Gasteiger partial charge in [-0.1, -0.05) is 19.1 Å². The Morgan fingerprint density at radius 1 is 1.04 bits per heavy atom. The molecule has 1 aromatic carbocycles. The molecule has 2 heterocycles. The van der Waals surface area contributed by atoms with E-state index in [1.807, 2.05) is 24.3 Å². The Labute approximate surface area is 153 Å². The predicted octanol–water partition coefficient (Wildman–Crippen LogP) is 1.31. The molecular formula is C19H26N4O3. The Bertz CT molecular complexity index is 667. The van der Waals surface area contributed by atoms with Gasteiger partial charge in [0.15, 0.2) is 0 Å². The van der Waals surface area contributed by atoms with Crippen molar-refractivity contribution in [3.8, 4) is 0 Å². The molecule has 2 aliphatic rings. The first-order valence-corrected chi connectivity index (χ1v) is 9.28. The number of hydrogen-bond acceptors (Lipinski definition) is 5. The maximum Gasteiger partial charge on any atom is 0.229 e. The van der Waals surface area contributed by atoms with Crippen LogP contribution in [0.15, 0.2) is 24.3 Å². The number of para-hydroxylation sites is 2. The second-order valence-corrected chi connectivity index (χ2v) is 6.68. The second-order valence-electron chi connectivity index (χ2n) is 6.68. The standard InChI is InChI=1S/C19H26N4O3/c1-2-21-11-13-22(14-12-21)16-6-4-3-5-15(16)20-17(24)9-10-23-18(25)7-8-19(23)26/h3-6H,2,7-14H2,1H3,(H,20,24). The van der Waals surface area contributed by atoms with Crippen LogP contribution in [0.25, 0.3) is 0 Å². The van der Waals surface area contributed by atoms with Gasteiger partial charge in [0.1, 0.15) is 0 Å². The molecule has 0 unspecified atom stereocenters. The molecule has 0 saturated carbocycles. The van der Waals surface area contributed by atoms with Crippen LogP contribution in [0.2, 0.25) is 0 Å². The SMILES string of the molecule is CCN1CCN(c2ccccc2NC(=O)CCN2C(=O)CCC2=O)CC1. The minimum absolute atomic E-state index is 0.120. The molecule has 3 amide bonds. The van der Waals surface area contributed by atoms with Gasteiger partial charge in [-0.3, -0.25) is 19.3 Å². The quantitative estimate of drug-likeness (QED) is 0.776. The van der Waals surface area contributed by atoms with Crippen LogP contribution in [0.1, 0.15) is 26.2 Å². The van der Waals surface area contributed by atoms with Gasteiger partial charge in [-0.25, -0.2) is 0 Å². The number of imide groups is 1. The van der Waals surface area contributed by atoms with Crippen LogP contribution >= 0.6 is 0 Å². The maximum absolute atomic E-state index is 12.3. The Hall–Kier alpha value is -2.41. The highest BCUT2D eigenvalue weighted by Gasteiger charge is 2.29. The summed E-state index contributed by atoms with van der Waals surface area (Å²) in [5, 5.41) is 2.94. The first-order valence-electron chi connectivity index (χ1n) is 9.28. The number of piperazine rings is 1. The minimum Gasteiger partial charge on any atom is -0.367 e. The number of rotatable bonds is 6. The lowest BCUT2D eigenvalue weighted by atomic mass is 10.2. The van der Waals surface area contributed by atoms with Gasteiger partial charge in [0.25, 0.3) is 0 Å². The van der Waals surface area contributed by atoms with Crippen LogP contribution in [-0.4, -0.2) is 66.8 Å². The average molecular weight is 358 g/mol.